The number of hydrogen-bond acceptors (Lipinski definition) is 0. The van der Waals surface area contributed by atoms with Crippen LogP contribution >= 0.6 is 0 Å². The van der Waals surface area contributed by atoms with Crippen molar-refractivity contribution in [2.75, 3.05) is 0 Å². The van der Waals surface area contributed by atoms with Crippen LogP contribution in [0, 0.1) is 0 Å². The average molecular weight is 335 g/mol. The maximum Gasteiger partial charge on any atom is 0.147 e. The molecule has 0 aromatic carbocycles. The standard InChI is InChI=1S/C22H42N2/c23-24(21-17-13-9-5-1-2-6-10-14-18-21)22-19-15-11-7-3-4-8-12-16-20-22/h21,23H,1-20H2. The summed E-state index contributed by atoms with van der Waals surface area (Å²) in [5.74, 6) is 8.86. The number of rotatable bonds is 1. The zero-order valence-corrected chi connectivity index (χ0v) is 16.2. The molecule has 0 radical (unpaired) electrons. The monoisotopic (exact) mass is 334 g/mol. The van der Waals surface area contributed by atoms with Crippen molar-refractivity contribution in [1.29, 1.82) is 0 Å². The molecule has 2 rings (SSSR count). The summed E-state index contributed by atoms with van der Waals surface area (Å²) in [4.78, 5) is 0. The Balaban J connectivity index is 1.96. The molecular formula is C22H42N2. The van der Waals surface area contributed by atoms with Crippen molar-refractivity contribution < 1.29 is 4.68 Å². The molecule has 1 N–H and O–H groups in total. The van der Waals surface area contributed by atoms with Crippen LogP contribution in [0.25, 0.3) is 5.84 Å². The van der Waals surface area contributed by atoms with Crippen molar-refractivity contribution in [1.82, 2.24) is 0 Å². The van der Waals surface area contributed by atoms with Crippen molar-refractivity contribution in [3.8, 4) is 0 Å². The van der Waals surface area contributed by atoms with Crippen LogP contribution in [0.3, 0.4) is 0 Å². The van der Waals surface area contributed by atoms with Gasteiger partial charge in [-0.25, -0.2) is 0 Å². The molecular weight excluding hydrogens is 292 g/mol. The van der Waals surface area contributed by atoms with Crippen molar-refractivity contribution in [3.05, 3.63) is 5.84 Å². The molecule has 0 saturated heterocycles. The van der Waals surface area contributed by atoms with Crippen LogP contribution in [0.1, 0.15) is 128 Å². The summed E-state index contributed by atoms with van der Waals surface area (Å²) in [6.07, 6.45) is 27.1. The van der Waals surface area contributed by atoms with Crippen LogP contribution < -0.4 is 0 Å². The van der Waals surface area contributed by atoms with Crippen molar-refractivity contribution in [3.63, 3.8) is 0 Å². The molecule has 0 aromatic rings. The molecule has 24 heavy (non-hydrogen) atoms. The fourth-order valence-corrected chi connectivity index (χ4v) is 4.57. The molecule has 0 atom stereocenters. The van der Waals surface area contributed by atoms with Gasteiger partial charge >= 0.3 is 0 Å². The summed E-state index contributed by atoms with van der Waals surface area (Å²) in [6.45, 7) is 0. The second-order valence-corrected chi connectivity index (χ2v) is 8.32. The zero-order chi connectivity index (χ0) is 16.9. The number of nitrogens with one attached hydrogen (secondary N) is 1. The Labute approximate surface area is 151 Å². The Morgan fingerprint density at radius 2 is 0.833 bits per heavy atom. The summed E-state index contributed by atoms with van der Waals surface area (Å²) in [5, 5.41) is 0. The molecule has 2 nitrogen and oxygen atoms in total. The van der Waals surface area contributed by atoms with Gasteiger partial charge in [-0.1, -0.05) is 77.0 Å². The van der Waals surface area contributed by atoms with E-state index in [0.717, 1.165) is 0 Å². The van der Waals surface area contributed by atoms with E-state index in [1.54, 1.807) is 0 Å². The smallest absolute Gasteiger partial charge is 0.147 e. The summed E-state index contributed by atoms with van der Waals surface area (Å²) in [5.41, 5.74) is 1.47. The molecule has 0 heterocycles. The van der Waals surface area contributed by atoms with Gasteiger partial charge in [-0.3, -0.25) is 4.68 Å². The largest absolute Gasteiger partial charge is 0.454 e. The first-order valence-electron chi connectivity index (χ1n) is 11.2. The Kier molecular flexibility index (Phi) is 10.5. The van der Waals surface area contributed by atoms with Gasteiger partial charge in [0.15, 0.2) is 0 Å². The van der Waals surface area contributed by atoms with E-state index >= 15 is 0 Å². The summed E-state index contributed by atoms with van der Waals surface area (Å²) in [7, 11) is 0. The van der Waals surface area contributed by atoms with Gasteiger partial charge in [-0.15, -0.1) is 0 Å². The minimum atomic E-state index is 0.503. The van der Waals surface area contributed by atoms with Crippen LogP contribution in [0.5, 0.6) is 0 Å². The van der Waals surface area contributed by atoms with Crippen LogP contribution in [-0.2, 0) is 0 Å². The highest BCUT2D eigenvalue weighted by Crippen LogP contribution is 2.21. The van der Waals surface area contributed by atoms with E-state index in [2.05, 4.69) is 0 Å². The second-order valence-electron chi connectivity index (χ2n) is 8.32. The van der Waals surface area contributed by atoms with Crippen LogP contribution in [0.4, 0.5) is 0 Å². The van der Waals surface area contributed by atoms with Crippen LogP contribution in [-0.4, -0.2) is 16.4 Å². The first-order valence-corrected chi connectivity index (χ1v) is 11.2. The molecule has 0 aliphatic heterocycles. The predicted octanol–water partition coefficient (Wildman–Crippen LogP) is 7.60. The molecule has 0 bridgehead atoms. The van der Waals surface area contributed by atoms with Crippen molar-refractivity contribution >= 4 is 5.71 Å². The summed E-state index contributed by atoms with van der Waals surface area (Å²) in [6, 6.07) is 0.503. The van der Waals surface area contributed by atoms with E-state index < -0.39 is 0 Å². The Bertz CT molecular complexity index is 322. The van der Waals surface area contributed by atoms with E-state index in [1.165, 1.54) is 134 Å². The van der Waals surface area contributed by atoms with Crippen molar-refractivity contribution in [2.24, 2.45) is 0 Å². The summed E-state index contributed by atoms with van der Waals surface area (Å²) >= 11 is 0. The van der Waals surface area contributed by atoms with Gasteiger partial charge in [-0.05, 0) is 25.7 Å². The molecule has 2 fully saturated rings. The third kappa shape index (κ3) is 8.03. The molecule has 0 unspecified atom stereocenters. The van der Waals surface area contributed by atoms with Gasteiger partial charge in [0.25, 0.3) is 0 Å². The lowest BCUT2D eigenvalue weighted by atomic mass is 10.0. The third-order valence-corrected chi connectivity index (χ3v) is 6.21. The Morgan fingerprint density at radius 1 is 0.500 bits per heavy atom. The zero-order valence-electron chi connectivity index (χ0n) is 16.2. The number of nitrogens with zero attached hydrogens (tertiary/aromatic N) is 1. The fraction of sp³-hybridized carbons (Fsp3) is 0.955. The third-order valence-electron chi connectivity index (χ3n) is 6.21. The molecule has 140 valence electrons. The maximum atomic E-state index is 8.86. The predicted molar refractivity (Wildman–Crippen MR) is 106 cm³/mol. The Hall–Kier alpha value is -0.530. The molecule has 2 aliphatic carbocycles. The highest BCUT2D eigenvalue weighted by Gasteiger charge is 2.19. The molecule has 2 saturated carbocycles. The van der Waals surface area contributed by atoms with Gasteiger partial charge in [-0.2, -0.15) is 0 Å². The molecule has 0 amide bonds. The first kappa shape index (κ1) is 19.8. The highest BCUT2D eigenvalue weighted by atomic mass is 15.3. The van der Waals surface area contributed by atoms with Gasteiger partial charge < -0.3 is 5.84 Å². The summed E-state index contributed by atoms with van der Waals surface area (Å²) < 4.78 is 2.02. The minimum absolute atomic E-state index is 0.503. The molecule has 0 spiro atoms. The van der Waals surface area contributed by atoms with E-state index in [9.17, 15) is 0 Å². The van der Waals surface area contributed by atoms with Gasteiger partial charge in [0.2, 0.25) is 0 Å². The lowest BCUT2D eigenvalue weighted by Gasteiger charge is -2.21. The first-order chi connectivity index (χ1) is 11.9. The normalized spacial score (nSPS) is 24.6. The van der Waals surface area contributed by atoms with Gasteiger partial charge in [0, 0.05) is 25.7 Å². The Morgan fingerprint density at radius 3 is 1.25 bits per heavy atom. The molecule has 0 aromatic heterocycles. The maximum absolute atomic E-state index is 8.86. The lowest BCUT2D eigenvalue weighted by Crippen LogP contribution is -2.27. The quantitative estimate of drug-likeness (QED) is 0.348. The minimum Gasteiger partial charge on any atom is -0.454 e. The SMILES string of the molecule is [NH-][N+](=C1CCCCCCCCCC1)C1CCCCCCCCCC1. The van der Waals surface area contributed by atoms with E-state index in [4.69, 9.17) is 5.84 Å². The highest BCUT2D eigenvalue weighted by molar-refractivity contribution is 5.79. The van der Waals surface area contributed by atoms with Crippen molar-refractivity contribution in [2.45, 2.75) is 134 Å². The van der Waals surface area contributed by atoms with E-state index in [1.807, 2.05) is 4.68 Å². The molecule has 2 aliphatic rings. The second kappa shape index (κ2) is 12.8. The topological polar surface area (TPSA) is 26.8 Å². The van der Waals surface area contributed by atoms with Gasteiger partial charge in [0.05, 0.1) is 0 Å². The van der Waals surface area contributed by atoms with Crippen LogP contribution in [0.15, 0.2) is 0 Å². The van der Waals surface area contributed by atoms with Gasteiger partial charge in [0.1, 0.15) is 11.8 Å². The average Bonchev–Trinajstić information content (AvgIpc) is 2.70. The lowest BCUT2D eigenvalue weighted by molar-refractivity contribution is -0.506. The fourth-order valence-electron chi connectivity index (χ4n) is 4.57. The van der Waals surface area contributed by atoms with E-state index in [0.29, 0.717) is 6.04 Å². The molecule has 2 heteroatoms. The van der Waals surface area contributed by atoms with E-state index in [-0.39, 0.29) is 0 Å². The number of hydrogen-bond donors (Lipinski definition) is 0. The van der Waals surface area contributed by atoms with Crippen LogP contribution in [0.2, 0.25) is 0 Å².